The maximum absolute atomic E-state index is 2.39. The first-order valence-electron chi connectivity index (χ1n) is 9.35. The van der Waals surface area contributed by atoms with Crippen LogP contribution in [0.4, 0.5) is 0 Å². The fourth-order valence-electron chi connectivity index (χ4n) is 3.65. The molecule has 1 fully saturated rings. The average molecular weight is 316 g/mol. The van der Waals surface area contributed by atoms with Gasteiger partial charge in [0.25, 0.3) is 0 Å². The topological polar surface area (TPSA) is 0 Å². The van der Waals surface area contributed by atoms with Crippen LogP contribution >= 0.6 is 0 Å². The van der Waals surface area contributed by atoms with Crippen molar-refractivity contribution in [3.05, 3.63) is 95.6 Å². The van der Waals surface area contributed by atoms with Gasteiger partial charge in [0.2, 0.25) is 0 Å². The van der Waals surface area contributed by atoms with Crippen LogP contribution in [0.25, 0.3) is 0 Å². The summed E-state index contributed by atoms with van der Waals surface area (Å²) >= 11 is 0. The second kappa shape index (κ2) is 9.27. The third-order valence-electron chi connectivity index (χ3n) is 5.02. The molecule has 0 radical (unpaired) electrons. The zero-order chi connectivity index (χ0) is 16.5. The Bertz CT molecular complexity index is 643. The smallest absolute Gasteiger partial charge is 0.00612 e. The lowest BCUT2D eigenvalue weighted by atomic mass is 9.81. The van der Waals surface area contributed by atoms with Crippen molar-refractivity contribution in [3.8, 4) is 0 Å². The van der Waals surface area contributed by atoms with Crippen molar-refractivity contribution < 1.29 is 0 Å². The lowest BCUT2D eigenvalue weighted by Gasteiger charge is -2.24. The molecule has 2 aromatic carbocycles. The quantitative estimate of drug-likeness (QED) is 0.531. The maximum atomic E-state index is 2.39. The molecule has 0 aliphatic heterocycles. The first-order valence-corrected chi connectivity index (χ1v) is 9.35. The van der Waals surface area contributed by atoms with Gasteiger partial charge in [0.05, 0.1) is 0 Å². The largest absolute Gasteiger partial charge is 0.0801 e. The lowest BCUT2D eigenvalue weighted by Crippen LogP contribution is -2.11. The highest BCUT2D eigenvalue weighted by Crippen LogP contribution is 2.31. The van der Waals surface area contributed by atoms with Crippen LogP contribution in [0.15, 0.2) is 84.5 Å². The number of benzene rings is 2. The van der Waals surface area contributed by atoms with Gasteiger partial charge < -0.3 is 0 Å². The zero-order valence-corrected chi connectivity index (χ0v) is 14.5. The van der Waals surface area contributed by atoms with E-state index in [1.807, 2.05) is 0 Å². The van der Waals surface area contributed by atoms with Crippen molar-refractivity contribution in [2.75, 3.05) is 0 Å². The van der Waals surface area contributed by atoms with Gasteiger partial charge >= 0.3 is 0 Å². The fourth-order valence-corrected chi connectivity index (χ4v) is 3.65. The summed E-state index contributed by atoms with van der Waals surface area (Å²) in [6.45, 7) is 0. The second-order valence-electron chi connectivity index (χ2n) is 6.86. The highest BCUT2D eigenvalue weighted by Gasteiger charge is 2.17. The Hall–Kier alpha value is -2.08. The van der Waals surface area contributed by atoms with Crippen LogP contribution in [0.1, 0.15) is 43.2 Å². The Morgan fingerprint density at radius 3 is 2.08 bits per heavy atom. The van der Waals surface area contributed by atoms with Gasteiger partial charge in [-0.1, -0.05) is 104 Å². The van der Waals surface area contributed by atoms with Gasteiger partial charge in [0.1, 0.15) is 0 Å². The van der Waals surface area contributed by atoms with Gasteiger partial charge in [0.15, 0.2) is 0 Å². The highest BCUT2D eigenvalue weighted by atomic mass is 14.2. The predicted octanol–water partition coefficient (Wildman–Crippen LogP) is 6.53. The molecule has 0 aromatic heterocycles. The Morgan fingerprint density at radius 1 is 0.792 bits per heavy atom. The highest BCUT2D eigenvalue weighted by molar-refractivity contribution is 5.27. The van der Waals surface area contributed by atoms with Crippen LogP contribution in [0.3, 0.4) is 0 Å². The third kappa shape index (κ3) is 5.23. The average Bonchev–Trinajstić information content (AvgIpc) is 2.66. The standard InChI is InChI=1S/C24H28/c1-4-12-21(13-5-1)14-10-11-19-24(23-17-8-3-9-18-23)20-22-15-6-2-7-16-22/h1-2,4-7,10-13,15-16,19,23H,3,8-9,14,17-18,20H2. The Labute approximate surface area is 146 Å². The monoisotopic (exact) mass is 316 g/mol. The molecule has 1 saturated carbocycles. The summed E-state index contributed by atoms with van der Waals surface area (Å²) in [7, 11) is 0. The molecule has 124 valence electrons. The minimum absolute atomic E-state index is 0.778. The summed E-state index contributed by atoms with van der Waals surface area (Å²) in [5.41, 5.74) is 4.43. The molecular weight excluding hydrogens is 288 g/mol. The van der Waals surface area contributed by atoms with E-state index in [0.717, 1.165) is 18.8 Å². The van der Waals surface area contributed by atoms with E-state index in [-0.39, 0.29) is 0 Å². The van der Waals surface area contributed by atoms with Crippen LogP contribution in [0.5, 0.6) is 0 Å². The molecule has 0 unspecified atom stereocenters. The summed E-state index contributed by atoms with van der Waals surface area (Å²) in [4.78, 5) is 0. The number of hydrogen-bond donors (Lipinski definition) is 0. The molecule has 0 heteroatoms. The molecular formula is C24H28. The van der Waals surface area contributed by atoms with Crippen molar-refractivity contribution in [3.63, 3.8) is 0 Å². The molecule has 2 aromatic rings. The Morgan fingerprint density at radius 2 is 1.42 bits per heavy atom. The van der Waals surface area contributed by atoms with Crippen LogP contribution in [-0.4, -0.2) is 0 Å². The molecule has 3 rings (SSSR count). The van der Waals surface area contributed by atoms with E-state index in [1.165, 1.54) is 43.2 Å². The van der Waals surface area contributed by atoms with Crippen molar-refractivity contribution in [1.82, 2.24) is 0 Å². The van der Waals surface area contributed by atoms with Crippen molar-refractivity contribution in [2.24, 2.45) is 5.92 Å². The van der Waals surface area contributed by atoms with E-state index in [1.54, 1.807) is 5.57 Å². The Balaban J connectivity index is 1.68. The van der Waals surface area contributed by atoms with Crippen LogP contribution < -0.4 is 0 Å². The van der Waals surface area contributed by atoms with Gasteiger partial charge in [-0.3, -0.25) is 0 Å². The summed E-state index contributed by atoms with van der Waals surface area (Å²) in [5, 5.41) is 0. The van der Waals surface area contributed by atoms with Crippen molar-refractivity contribution in [1.29, 1.82) is 0 Å². The zero-order valence-electron chi connectivity index (χ0n) is 14.5. The predicted molar refractivity (Wildman–Crippen MR) is 104 cm³/mol. The molecule has 0 atom stereocenters. The van der Waals surface area contributed by atoms with Crippen molar-refractivity contribution >= 4 is 0 Å². The van der Waals surface area contributed by atoms with Gasteiger partial charge in [-0.2, -0.15) is 0 Å². The van der Waals surface area contributed by atoms with E-state index in [0.29, 0.717) is 0 Å². The molecule has 0 amide bonds. The summed E-state index contributed by atoms with van der Waals surface area (Å²) in [6.07, 6.45) is 16.0. The summed E-state index contributed by atoms with van der Waals surface area (Å²) in [6, 6.07) is 21.6. The normalized spacial score (nSPS) is 16.6. The molecule has 0 bridgehead atoms. The molecule has 24 heavy (non-hydrogen) atoms. The summed E-state index contributed by atoms with van der Waals surface area (Å²) < 4.78 is 0. The van der Waals surface area contributed by atoms with Gasteiger partial charge in [-0.05, 0) is 42.7 Å². The van der Waals surface area contributed by atoms with Gasteiger partial charge in [-0.15, -0.1) is 0 Å². The molecule has 0 nitrogen and oxygen atoms in total. The summed E-state index contributed by atoms with van der Waals surface area (Å²) in [5.74, 6) is 0.778. The van der Waals surface area contributed by atoms with Crippen molar-refractivity contribution in [2.45, 2.75) is 44.9 Å². The van der Waals surface area contributed by atoms with E-state index in [2.05, 4.69) is 78.9 Å². The first-order chi connectivity index (χ1) is 11.9. The van der Waals surface area contributed by atoms with E-state index < -0.39 is 0 Å². The number of allylic oxidation sites excluding steroid dienone is 4. The lowest BCUT2D eigenvalue weighted by molar-refractivity contribution is 0.398. The van der Waals surface area contributed by atoms with E-state index >= 15 is 0 Å². The van der Waals surface area contributed by atoms with E-state index in [9.17, 15) is 0 Å². The Kier molecular flexibility index (Phi) is 6.48. The maximum Gasteiger partial charge on any atom is -0.00612 e. The van der Waals surface area contributed by atoms with Crippen LogP contribution in [0, 0.1) is 5.92 Å². The molecule has 1 aliphatic rings. The molecule has 0 heterocycles. The van der Waals surface area contributed by atoms with Gasteiger partial charge in [0, 0.05) is 0 Å². The van der Waals surface area contributed by atoms with Crippen LogP contribution in [0.2, 0.25) is 0 Å². The minimum Gasteiger partial charge on any atom is -0.0801 e. The third-order valence-corrected chi connectivity index (χ3v) is 5.02. The van der Waals surface area contributed by atoms with Crippen LogP contribution in [-0.2, 0) is 12.8 Å². The van der Waals surface area contributed by atoms with E-state index in [4.69, 9.17) is 0 Å². The minimum atomic E-state index is 0.778. The number of rotatable bonds is 6. The molecule has 0 N–H and O–H groups in total. The van der Waals surface area contributed by atoms with Gasteiger partial charge in [-0.25, -0.2) is 0 Å². The first kappa shape index (κ1) is 16.8. The molecule has 1 aliphatic carbocycles. The second-order valence-corrected chi connectivity index (χ2v) is 6.86. The molecule has 0 spiro atoms. The fraction of sp³-hybridized carbons (Fsp3) is 0.333. The SMILES string of the molecule is C(=CCc1ccccc1)C=C(Cc1ccccc1)C1CCCCC1. The number of hydrogen-bond acceptors (Lipinski definition) is 0. The molecule has 0 saturated heterocycles.